The monoisotopic (exact) mass is 256 g/mol. The van der Waals surface area contributed by atoms with Gasteiger partial charge in [-0.15, -0.1) is 11.3 Å². The fraction of sp³-hybridized carbons (Fsp3) is 0. The average molecular weight is 257 g/mol. The normalized spacial score (nSPS) is 10.3. The molecule has 2 aromatic heterocycles. The van der Waals surface area contributed by atoms with E-state index in [1.165, 1.54) is 17.4 Å². The van der Waals surface area contributed by atoms with Crippen LogP contribution in [0.1, 0.15) is 10.5 Å². The van der Waals surface area contributed by atoms with Gasteiger partial charge in [0.05, 0.1) is 10.0 Å². The molecule has 0 spiro atoms. The predicted octanol–water partition coefficient (Wildman–Crippen LogP) is 1.85. The number of carboxylic acids is 1. The van der Waals surface area contributed by atoms with Crippen molar-refractivity contribution in [3.05, 3.63) is 38.0 Å². The number of H-pyrrole nitrogens is 1. The molecular formula is C9H5ClN2O3S. The van der Waals surface area contributed by atoms with Crippen LogP contribution in [-0.2, 0) is 0 Å². The molecule has 7 heteroatoms. The second-order valence-corrected chi connectivity index (χ2v) is 4.47. The van der Waals surface area contributed by atoms with Crippen molar-refractivity contribution in [3.8, 4) is 11.3 Å². The molecule has 0 saturated carbocycles. The van der Waals surface area contributed by atoms with Crippen LogP contribution in [0.5, 0.6) is 0 Å². The second-order valence-electron chi connectivity index (χ2n) is 2.93. The molecule has 0 aliphatic rings. The number of thiophene rings is 1. The lowest BCUT2D eigenvalue weighted by molar-refractivity contribution is 0.0690. The van der Waals surface area contributed by atoms with E-state index >= 15 is 0 Å². The third kappa shape index (κ3) is 2.12. The molecule has 82 valence electrons. The van der Waals surface area contributed by atoms with E-state index in [0.29, 0.717) is 15.6 Å². The van der Waals surface area contributed by atoms with Crippen molar-refractivity contribution in [1.82, 2.24) is 9.97 Å². The summed E-state index contributed by atoms with van der Waals surface area (Å²) < 4.78 is 0.550. The van der Waals surface area contributed by atoms with Gasteiger partial charge in [-0.1, -0.05) is 11.6 Å². The van der Waals surface area contributed by atoms with Crippen molar-refractivity contribution < 1.29 is 9.90 Å². The molecule has 2 rings (SSSR count). The van der Waals surface area contributed by atoms with E-state index in [4.69, 9.17) is 16.7 Å². The van der Waals surface area contributed by atoms with Crippen LogP contribution < -0.4 is 5.69 Å². The summed E-state index contributed by atoms with van der Waals surface area (Å²) in [6.07, 6.45) is 0. The topological polar surface area (TPSA) is 83.0 Å². The number of nitrogens with one attached hydrogen (secondary N) is 1. The number of hydrogen-bond donors (Lipinski definition) is 2. The number of aromatic carboxylic acids is 1. The van der Waals surface area contributed by atoms with Gasteiger partial charge < -0.3 is 5.11 Å². The van der Waals surface area contributed by atoms with Crippen LogP contribution in [0.4, 0.5) is 0 Å². The quantitative estimate of drug-likeness (QED) is 0.859. The first-order chi connectivity index (χ1) is 7.56. The summed E-state index contributed by atoms with van der Waals surface area (Å²) in [5, 5.41) is 10.5. The van der Waals surface area contributed by atoms with Gasteiger partial charge in [-0.3, -0.25) is 4.98 Å². The Labute approximate surface area is 98.4 Å². The molecule has 0 atom stereocenters. The van der Waals surface area contributed by atoms with Gasteiger partial charge >= 0.3 is 11.7 Å². The van der Waals surface area contributed by atoms with Crippen LogP contribution >= 0.6 is 22.9 Å². The number of rotatable bonds is 2. The Morgan fingerprint density at radius 3 is 2.81 bits per heavy atom. The first kappa shape index (κ1) is 10.8. The number of hydrogen-bond acceptors (Lipinski definition) is 4. The van der Waals surface area contributed by atoms with Crippen LogP contribution in [0.15, 0.2) is 22.3 Å². The Balaban J connectivity index is 2.57. The number of carboxylic acid groups (broad SMARTS) is 1. The van der Waals surface area contributed by atoms with E-state index < -0.39 is 11.7 Å². The Bertz CT molecular complexity index is 605. The molecule has 5 nitrogen and oxygen atoms in total. The van der Waals surface area contributed by atoms with Gasteiger partial charge in [0.25, 0.3) is 0 Å². The van der Waals surface area contributed by atoms with Gasteiger partial charge in [0, 0.05) is 10.9 Å². The second kappa shape index (κ2) is 4.07. The fourth-order valence-corrected chi connectivity index (χ4v) is 2.04. The maximum absolute atomic E-state index is 11.1. The van der Waals surface area contributed by atoms with Gasteiger partial charge in [0.2, 0.25) is 0 Å². The SMILES string of the molecule is O=C(O)c1cc(-c2csc(Cl)c2)nc(=O)[nH]1. The van der Waals surface area contributed by atoms with Crippen molar-refractivity contribution in [2.75, 3.05) is 0 Å². The minimum Gasteiger partial charge on any atom is -0.477 e. The molecule has 0 aliphatic carbocycles. The lowest BCUT2D eigenvalue weighted by Crippen LogP contribution is -2.16. The van der Waals surface area contributed by atoms with Gasteiger partial charge in [-0.2, -0.15) is 4.98 Å². The van der Waals surface area contributed by atoms with Crippen molar-refractivity contribution in [2.24, 2.45) is 0 Å². The standard InChI is InChI=1S/C9H5ClN2O3S/c10-7-1-4(3-16-7)5-2-6(8(13)14)12-9(15)11-5/h1-3H,(H,13,14)(H,11,12,15). The summed E-state index contributed by atoms with van der Waals surface area (Å²) in [7, 11) is 0. The molecule has 0 bridgehead atoms. The van der Waals surface area contributed by atoms with Crippen molar-refractivity contribution >= 4 is 28.9 Å². The molecule has 2 aromatic rings. The zero-order valence-electron chi connectivity index (χ0n) is 7.73. The van der Waals surface area contributed by atoms with Crippen molar-refractivity contribution in [2.45, 2.75) is 0 Å². The first-order valence-electron chi connectivity index (χ1n) is 4.15. The predicted molar refractivity (Wildman–Crippen MR) is 60.1 cm³/mol. The lowest BCUT2D eigenvalue weighted by atomic mass is 10.2. The molecule has 2 N–H and O–H groups in total. The van der Waals surface area contributed by atoms with E-state index in [9.17, 15) is 9.59 Å². The Hall–Kier alpha value is -1.66. The summed E-state index contributed by atoms with van der Waals surface area (Å²) in [4.78, 5) is 27.7. The van der Waals surface area contributed by atoms with E-state index in [0.717, 1.165) is 0 Å². The van der Waals surface area contributed by atoms with Crippen LogP contribution in [0, 0.1) is 0 Å². The molecule has 0 aliphatic heterocycles. The molecule has 0 saturated heterocycles. The van der Waals surface area contributed by atoms with Crippen molar-refractivity contribution in [1.29, 1.82) is 0 Å². The number of aromatic amines is 1. The Morgan fingerprint density at radius 1 is 1.50 bits per heavy atom. The summed E-state index contributed by atoms with van der Waals surface area (Å²) in [6, 6.07) is 2.92. The van der Waals surface area contributed by atoms with E-state index in [-0.39, 0.29) is 5.69 Å². The summed E-state index contributed by atoms with van der Waals surface area (Å²) in [5.41, 5.74) is 0.0300. The zero-order valence-corrected chi connectivity index (χ0v) is 9.30. The lowest BCUT2D eigenvalue weighted by Gasteiger charge is -1.98. The molecule has 0 aromatic carbocycles. The zero-order chi connectivity index (χ0) is 11.7. The van der Waals surface area contributed by atoms with Gasteiger partial charge in [-0.25, -0.2) is 9.59 Å². The minimum atomic E-state index is -1.21. The third-order valence-electron chi connectivity index (χ3n) is 1.84. The largest absolute Gasteiger partial charge is 0.477 e. The third-order valence-corrected chi connectivity index (χ3v) is 2.93. The van der Waals surface area contributed by atoms with E-state index in [1.807, 2.05) is 0 Å². The van der Waals surface area contributed by atoms with Gasteiger partial charge in [0.15, 0.2) is 0 Å². The summed E-state index contributed by atoms with van der Waals surface area (Å²) in [5.74, 6) is -1.21. The molecule has 0 fully saturated rings. The highest BCUT2D eigenvalue weighted by Gasteiger charge is 2.09. The smallest absolute Gasteiger partial charge is 0.352 e. The highest BCUT2D eigenvalue weighted by atomic mass is 35.5. The highest BCUT2D eigenvalue weighted by Crippen LogP contribution is 2.26. The van der Waals surface area contributed by atoms with Crippen molar-refractivity contribution in [3.63, 3.8) is 0 Å². The van der Waals surface area contributed by atoms with Gasteiger partial charge in [0.1, 0.15) is 5.69 Å². The molecular weight excluding hydrogens is 252 g/mol. The fourth-order valence-electron chi connectivity index (χ4n) is 1.17. The molecule has 2 heterocycles. The van der Waals surface area contributed by atoms with Crippen LogP contribution in [0.25, 0.3) is 11.3 Å². The maximum atomic E-state index is 11.1. The Kier molecular flexibility index (Phi) is 2.76. The first-order valence-corrected chi connectivity index (χ1v) is 5.41. The Morgan fingerprint density at radius 2 is 2.25 bits per heavy atom. The van der Waals surface area contributed by atoms with Crippen LogP contribution in [-0.4, -0.2) is 21.0 Å². The average Bonchev–Trinajstić information content (AvgIpc) is 2.64. The number of halogens is 1. The maximum Gasteiger partial charge on any atom is 0.352 e. The summed E-state index contributed by atoms with van der Waals surface area (Å²) in [6.45, 7) is 0. The number of aromatic nitrogens is 2. The van der Waals surface area contributed by atoms with E-state index in [1.54, 1.807) is 11.4 Å². The van der Waals surface area contributed by atoms with Gasteiger partial charge in [-0.05, 0) is 12.1 Å². The summed E-state index contributed by atoms with van der Waals surface area (Å²) >= 11 is 7.03. The number of nitrogens with zero attached hydrogens (tertiary/aromatic N) is 1. The van der Waals surface area contributed by atoms with Crippen LogP contribution in [0.3, 0.4) is 0 Å². The molecule has 0 radical (unpaired) electrons. The van der Waals surface area contributed by atoms with E-state index in [2.05, 4.69) is 9.97 Å². The molecule has 16 heavy (non-hydrogen) atoms. The molecule has 0 unspecified atom stereocenters. The molecule has 0 amide bonds. The highest BCUT2D eigenvalue weighted by molar-refractivity contribution is 7.14. The van der Waals surface area contributed by atoms with Crippen LogP contribution in [0.2, 0.25) is 4.34 Å². The number of carbonyl (C=O) groups is 1. The minimum absolute atomic E-state index is 0.197.